The smallest absolute Gasteiger partial charge is 0.229 e. The van der Waals surface area contributed by atoms with Crippen LogP contribution in [0, 0.1) is 16.0 Å². The lowest BCUT2D eigenvalue weighted by molar-refractivity contribution is -0.484. The van der Waals surface area contributed by atoms with Crippen molar-refractivity contribution in [3.63, 3.8) is 0 Å². The summed E-state index contributed by atoms with van der Waals surface area (Å²) < 4.78 is 5.92. The molecule has 0 aromatic heterocycles. The van der Waals surface area contributed by atoms with Crippen LogP contribution in [0.2, 0.25) is 0 Å². The molecule has 6 nitrogen and oxygen atoms in total. The lowest BCUT2D eigenvalue weighted by Crippen LogP contribution is -2.32. The van der Waals surface area contributed by atoms with Crippen LogP contribution in [0.5, 0.6) is 0 Å². The average molecular weight is 397 g/mol. The normalized spacial score (nSPS) is 17.9. The lowest BCUT2D eigenvalue weighted by atomic mass is 9.80. The molecule has 6 heteroatoms. The summed E-state index contributed by atoms with van der Waals surface area (Å²) in [5.74, 6) is -1.46. The summed E-state index contributed by atoms with van der Waals surface area (Å²) in [5, 5.41) is 13.3. The molecular formula is C24H15NO5. The van der Waals surface area contributed by atoms with Crippen LogP contribution in [0.1, 0.15) is 26.3 Å². The number of hydrogen-bond acceptors (Lipinski definition) is 5. The summed E-state index contributed by atoms with van der Waals surface area (Å²) in [4.78, 5) is 37.0. The first-order valence-corrected chi connectivity index (χ1v) is 9.46. The van der Waals surface area contributed by atoms with Crippen LogP contribution in [0.3, 0.4) is 0 Å². The standard InChI is InChI=1S/C24H15NO5/c26-22-18-7-3-4-8-19(18)23(27)24-21(22)17(13-25(28)29)12-20(30-24)16-10-9-14-5-1-2-6-15(14)11-16/h1-12,17H,13H2/t17-/m0/s1. The number of carbonyl (C=O) groups excluding carboxylic acids is 2. The maximum absolute atomic E-state index is 13.1. The fraction of sp³-hybridized carbons (Fsp3) is 0.0833. The minimum absolute atomic E-state index is 0.0555. The van der Waals surface area contributed by atoms with Crippen molar-refractivity contribution in [1.82, 2.24) is 0 Å². The van der Waals surface area contributed by atoms with Crippen LogP contribution in [0.25, 0.3) is 16.5 Å². The quantitative estimate of drug-likeness (QED) is 0.482. The number of nitrogens with zero attached hydrogens (tertiary/aromatic N) is 1. The van der Waals surface area contributed by atoms with Crippen molar-refractivity contribution in [2.75, 3.05) is 6.54 Å². The van der Waals surface area contributed by atoms with Gasteiger partial charge in [0.2, 0.25) is 12.3 Å². The summed E-state index contributed by atoms with van der Waals surface area (Å²) in [6.45, 7) is -0.500. The van der Waals surface area contributed by atoms with Gasteiger partial charge in [0.15, 0.2) is 11.5 Å². The van der Waals surface area contributed by atoms with E-state index in [9.17, 15) is 19.7 Å². The summed E-state index contributed by atoms with van der Waals surface area (Å²) in [6, 6.07) is 19.9. The molecule has 1 heterocycles. The van der Waals surface area contributed by atoms with Gasteiger partial charge in [0.1, 0.15) is 5.76 Å². The van der Waals surface area contributed by atoms with Crippen LogP contribution in [0.15, 0.2) is 84.1 Å². The van der Waals surface area contributed by atoms with E-state index in [1.807, 2.05) is 42.5 Å². The second kappa shape index (κ2) is 6.77. The molecule has 2 aliphatic rings. The molecule has 3 aromatic rings. The van der Waals surface area contributed by atoms with Gasteiger partial charge in [-0.05, 0) is 22.9 Å². The number of rotatable bonds is 3. The number of ketones is 2. The predicted octanol–water partition coefficient (Wildman–Crippen LogP) is 4.44. The van der Waals surface area contributed by atoms with Crippen molar-refractivity contribution < 1.29 is 19.2 Å². The number of carbonyl (C=O) groups is 2. The van der Waals surface area contributed by atoms with E-state index in [0.29, 0.717) is 11.3 Å². The van der Waals surface area contributed by atoms with Gasteiger partial charge >= 0.3 is 0 Å². The van der Waals surface area contributed by atoms with Crippen molar-refractivity contribution in [1.29, 1.82) is 0 Å². The largest absolute Gasteiger partial charge is 0.452 e. The minimum atomic E-state index is -0.852. The van der Waals surface area contributed by atoms with E-state index in [0.717, 1.165) is 10.8 Å². The van der Waals surface area contributed by atoms with Gasteiger partial charge < -0.3 is 4.74 Å². The molecule has 1 aliphatic heterocycles. The molecule has 0 fully saturated rings. The van der Waals surface area contributed by atoms with Gasteiger partial charge in [-0.2, -0.15) is 0 Å². The molecule has 0 radical (unpaired) electrons. The van der Waals surface area contributed by atoms with Gasteiger partial charge in [0.05, 0.1) is 11.5 Å². The van der Waals surface area contributed by atoms with E-state index in [1.165, 1.54) is 0 Å². The average Bonchev–Trinajstić information content (AvgIpc) is 2.76. The Morgan fingerprint density at radius 3 is 2.27 bits per heavy atom. The lowest BCUT2D eigenvalue weighted by Gasteiger charge is -2.28. The maximum Gasteiger partial charge on any atom is 0.229 e. The zero-order valence-electron chi connectivity index (χ0n) is 15.7. The molecule has 1 aliphatic carbocycles. The first-order chi connectivity index (χ1) is 14.5. The summed E-state index contributed by atoms with van der Waals surface area (Å²) in [7, 11) is 0. The van der Waals surface area contributed by atoms with Crippen LogP contribution >= 0.6 is 0 Å². The number of allylic oxidation sites excluding steroid dienone is 1. The number of hydrogen-bond donors (Lipinski definition) is 0. The molecule has 0 saturated heterocycles. The highest BCUT2D eigenvalue weighted by Crippen LogP contribution is 2.39. The Morgan fingerprint density at radius 1 is 0.867 bits per heavy atom. The van der Waals surface area contributed by atoms with Gasteiger partial charge in [0, 0.05) is 21.6 Å². The van der Waals surface area contributed by atoms with Crippen LogP contribution in [0.4, 0.5) is 0 Å². The van der Waals surface area contributed by atoms with Crippen molar-refractivity contribution >= 4 is 28.1 Å². The van der Waals surface area contributed by atoms with E-state index >= 15 is 0 Å². The van der Waals surface area contributed by atoms with Gasteiger partial charge in [-0.25, -0.2) is 0 Å². The third-order valence-electron chi connectivity index (χ3n) is 5.43. The third-order valence-corrected chi connectivity index (χ3v) is 5.43. The fourth-order valence-electron chi connectivity index (χ4n) is 4.02. The molecule has 5 rings (SSSR count). The van der Waals surface area contributed by atoms with Crippen molar-refractivity contribution in [3.05, 3.63) is 111 Å². The SMILES string of the molecule is O=C1C2=C(C(=O)c3ccccc31)[C@H](C[N+](=O)[O-])C=C(c1ccc3ccccc3c1)O2. The van der Waals surface area contributed by atoms with Crippen LogP contribution < -0.4 is 0 Å². The number of ether oxygens (including phenoxy) is 1. The van der Waals surface area contributed by atoms with Crippen molar-refractivity contribution in [2.45, 2.75) is 0 Å². The third kappa shape index (κ3) is 2.81. The number of Topliss-reactive ketones (excluding diaryl/α,β-unsaturated/α-hetero) is 2. The Bertz CT molecular complexity index is 1320. The molecule has 0 bridgehead atoms. The van der Waals surface area contributed by atoms with E-state index in [2.05, 4.69) is 0 Å². The molecular weight excluding hydrogens is 382 g/mol. The Hall–Kier alpha value is -4.06. The zero-order chi connectivity index (χ0) is 20.8. The summed E-state index contributed by atoms with van der Waals surface area (Å²) in [5.41, 5.74) is 1.24. The van der Waals surface area contributed by atoms with Gasteiger partial charge in [-0.1, -0.05) is 60.7 Å². The molecule has 0 saturated carbocycles. The van der Waals surface area contributed by atoms with Crippen LogP contribution in [-0.2, 0) is 4.74 Å². The molecule has 30 heavy (non-hydrogen) atoms. The second-order valence-electron chi connectivity index (χ2n) is 7.26. The molecule has 146 valence electrons. The van der Waals surface area contributed by atoms with Gasteiger partial charge in [-0.15, -0.1) is 0 Å². The van der Waals surface area contributed by atoms with E-state index in [1.54, 1.807) is 30.3 Å². The van der Waals surface area contributed by atoms with E-state index < -0.39 is 29.0 Å². The Balaban J connectivity index is 1.63. The van der Waals surface area contributed by atoms with E-state index in [-0.39, 0.29) is 22.5 Å². The number of nitro groups is 1. The fourth-order valence-corrected chi connectivity index (χ4v) is 4.02. The Labute approximate surface area is 171 Å². The maximum atomic E-state index is 13.1. The van der Waals surface area contributed by atoms with Gasteiger partial charge in [0.25, 0.3) is 0 Å². The van der Waals surface area contributed by atoms with Crippen molar-refractivity contribution in [2.24, 2.45) is 5.92 Å². The molecule has 3 aromatic carbocycles. The highest BCUT2D eigenvalue weighted by molar-refractivity contribution is 6.27. The highest BCUT2D eigenvalue weighted by Gasteiger charge is 2.41. The molecule has 0 spiro atoms. The van der Waals surface area contributed by atoms with Crippen LogP contribution in [-0.4, -0.2) is 23.0 Å². The second-order valence-corrected chi connectivity index (χ2v) is 7.26. The summed E-state index contributed by atoms with van der Waals surface area (Å²) >= 11 is 0. The Kier molecular flexibility index (Phi) is 4.06. The minimum Gasteiger partial charge on any atom is -0.452 e. The predicted molar refractivity (Wildman–Crippen MR) is 110 cm³/mol. The first kappa shape index (κ1) is 18.0. The van der Waals surface area contributed by atoms with Crippen molar-refractivity contribution in [3.8, 4) is 0 Å². The highest BCUT2D eigenvalue weighted by atomic mass is 16.6. The van der Waals surface area contributed by atoms with Gasteiger partial charge in [-0.3, -0.25) is 19.7 Å². The monoisotopic (exact) mass is 397 g/mol. The Morgan fingerprint density at radius 2 is 1.53 bits per heavy atom. The summed E-state index contributed by atoms with van der Waals surface area (Å²) in [6.07, 6.45) is 1.57. The first-order valence-electron chi connectivity index (χ1n) is 9.46. The van der Waals surface area contributed by atoms with E-state index in [4.69, 9.17) is 4.74 Å². The number of benzene rings is 3. The molecule has 0 N–H and O–H groups in total. The molecule has 0 unspecified atom stereocenters. The number of fused-ring (bicyclic) bond motifs is 2. The zero-order valence-corrected chi connectivity index (χ0v) is 15.7. The molecule has 1 atom stereocenters. The topological polar surface area (TPSA) is 86.5 Å². The molecule has 0 amide bonds.